The number of ketones is 2. The monoisotopic (exact) mass is 674 g/mol. The lowest BCUT2D eigenvalue weighted by atomic mass is 9.97. The van der Waals surface area contributed by atoms with Crippen molar-refractivity contribution in [2.24, 2.45) is 0 Å². The highest BCUT2D eigenvalue weighted by Crippen LogP contribution is 2.14. The maximum Gasteiger partial charge on any atom is 0.303 e. The van der Waals surface area contributed by atoms with Gasteiger partial charge < -0.3 is 10.4 Å². The molecule has 6 heteroatoms. The topological polar surface area (TPSA) is 101 Å². The maximum atomic E-state index is 13.0. The van der Waals surface area contributed by atoms with E-state index in [4.69, 9.17) is 5.11 Å². The van der Waals surface area contributed by atoms with Gasteiger partial charge in [-0.2, -0.15) is 0 Å². The minimum absolute atomic E-state index is 0.00550. The first kappa shape index (κ1) is 45.8. The fourth-order valence-corrected chi connectivity index (χ4v) is 6.00. The second kappa shape index (κ2) is 36.1. The Bertz CT molecular complexity index is 849. The van der Waals surface area contributed by atoms with Gasteiger partial charge in [-0.05, 0) is 64.2 Å². The van der Waals surface area contributed by atoms with Crippen LogP contribution in [0.1, 0.15) is 213 Å². The molecule has 0 aliphatic carbocycles. The number of rotatable bonds is 37. The van der Waals surface area contributed by atoms with Crippen molar-refractivity contribution in [2.45, 2.75) is 219 Å². The Hall–Kier alpha value is -2.24. The van der Waals surface area contributed by atoms with Crippen LogP contribution in [0.15, 0.2) is 24.3 Å². The van der Waals surface area contributed by atoms with Crippen molar-refractivity contribution in [1.29, 1.82) is 0 Å². The summed E-state index contributed by atoms with van der Waals surface area (Å²) in [6, 6.07) is -0.848. The third-order valence-electron chi connectivity index (χ3n) is 9.12. The van der Waals surface area contributed by atoms with E-state index in [9.17, 15) is 19.2 Å². The number of unbranched alkanes of at least 4 members (excludes halogenated alkanes) is 22. The fourth-order valence-electron chi connectivity index (χ4n) is 6.00. The van der Waals surface area contributed by atoms with Crippen molar-refractivity contribution in [3.05, 3.63) is 24.3 Å². The van der Waals surface area contributed by atoms with Crippen LogP contribution in [0.2, 0.25) is 0 Å². The van der Waals surface area contributed by atoms with Crippen LogP contribution in [0, 0.1) is 0 Å². The summed E-state index contributed by atoms with van der Waals surface area (Å²) in [4.78, 5) is 48.9. The SMILES string of the molecule is CCCCCCCC/C=C\CCCCCCCC(=O)CC(NC(=O)CCC(=O)O)C(=O)CCCCCCC/C=C\CCCCCCCC. The first-order valence-corrected chi connectivity index (χ1v) is 20.3. The number of carbonyl (C=O) groups is 4. The number of carbonyl (C=O) groups excluding carboxylic acids is 3. The summed E-state index contributed by atoms with van der Waals surface area (Å²) in [7, 11) is 0. The normalized spacial score (nSPS) is 12.2. The van der Waals surface area contributed by atoms with Gasteiger partial charge >= 0.3 is 5.97 Å². The predicted molar refractivity (Wildman–Crippen MR) is 202 cm³/mol. The van der Waals surface area contributed by atoms with Gasteiger partial charge in [-0.3, -0.25) is 19.2 Å². The van der Waals surface area contributed by atoms with Crippen molar-refractivity contribution in [3.63, 3.8) is 0 Å². The van der Waals surface area contributed by atoms with Gasteiger partial charge in [0.25, 0.3) is 0 Å². The van der Waals surface area contributed by atoms with E-state index < -0.39 is 17.9 Å². The lowest BCUT2D eigenvalue weighted by Gasteiger charge is -2.17. The highest BCUT2D eigenvalue weighted by Gasteiger charge is 2.23. The number of nitrogens with one attached hydrogen (secondary N) is 1. The third kappa shape index (κ3) is 33.7. The highest BCUT2D eigenvalue weighted by atomic mass is 16.4. The second-order valence-electron chi connectivity index (χ2n) is 13.9. The number of carboxylic acids is 1. The average Bonchev–Trinajstić information content (AvgIpc) is 3.06. The molecule has 0 saturated carbocycles. The Labute approximate surface area is 295 Å². The average molecular weight is 674 g/mol. The van der Waals surface area contributed by atoms with Crippen LogP contribution in [0.25, 0.3) is 0 Å². The molecule has 0 radical (unpaired) electrons. The van der Waals surface area contributed by atoms with Gasteiger partial charge in [-0.25, -0.2) is 0 Å². The molecule has 0 heterocycles. The Kier molecular flexibility index (Phi) is 34.4. The van der Waals surface area contributed by atoms with Gasteiger partial charge in [0.1, 0.15) is 5.78 Å². The summed E-state index contributed by atoms with van der Waals surface area (Å²) in [6.45, 7) is 4.50. The zero-order valence-electron chi connectivity index (χ0n) is 31.4. The molecule has 0 aromatic rings. The van der Waals surface area contributed by atoms with Crippen LogP contribution in [0.4, 0.5) is 0 Å². The van der Waals surface area contributed by atoms with E-state index in [-0.39, 0.29) is 30.8 Å². The summed E-state index contributed by atoms with van der Waals surface area (Å²) in [6.07, 6.45) is 40.5. The predicted octanol–water partition coefficient (Wildman–Crippen LogP) is 11.9. The van der Waals surface area contributed by atoms with E-state index in [1.807, 2.05) is 0 Å². The van der Waals surface area contributed by atoms with E-state index in [0.29, 0.717) is 12.8 Å². The van der Waals surface area contributed by atoms with Crippen LogP contribution < -0.4 is 5.32 Å². The van der Waals surface area contributed by atoms with E-state index in [0.717, 1.165) is 70.6 Å². The number of allylic oxidation sites excluding steroid dienone is 4. The van der Waals surface area contributed by atoms with E-state index in [1.54, 1.807) is 0 Å². The van der Waals surface area contributed by atoms with E-state index >= 15 is 0 Å². The van der Waals surface area contributed by atoms with E-state index in [2.05, 4.69) is 43.5 Å². The van der Waals surface area contributed by atoms with Gasteiger partial charge in [0, 0.05) is 25.7 Å². The summed E-state index contributed by atoms with van der Waals surface area (Å²) >= 11 is 0. The highest BCUT2D eigenvalue weighted by molar-refractivity contribution is 5.94. The number of hydrogen-bond acceptors (Lipinski definition) is 4. The molecule has 0 rings (SSSR count). The van der Waals surface area contributed by atoms with Crippen LogP contribution in [-0.2, 0) is 19.2 Å². The molecule has 278 valence electrons. The zero-order valence-corrected chi connectivity index (χ0v) is 31.4. The largest absolute Gasteiger partial charge is 0.481 e. The minimum atomic E-state index is -1.05. The number of amides is 1. The fraction of sp³-hybridized carbons (Fsp3) is 0.810. The Morgan fingerprint density at radius 1 is 0.479 bits per heavy atom. The number of carboxylic acid groups (broad SMARTS) is 1. The molecular weight excluding hydrogens is 598 g/mol. The van der Waals surface area contributed by atoms with Crippen LogP contribution >= 0.6 is 0 Å². The summed E-state index contributed by atoms with van der Waals surface area (Å²) < 4.78 is 0. The zero-order chi connectivity index (χ0) is 35.3. The van der Waals surface area contributed by atoms with Crippen LogP contribution in [0.3, 0.4) is 0 Å². The first-order chi connectivity index (χ1) is 23.4. The van der Waals surface area contributed by atoms with Gasteiger partial charge in [-0.15, -0.1) is 0 Å². The number of aliphatic carboxylic acids is 1. The Morgan fingerprint density at radius 3 is 1.27 bits per heavy atom. The molecule has 2 N–H and O–H groups in total. The van der Waals surface area contributed by atoms with Crippen LogP contribution in [0.5, 0.6) is 0 Å². The Morgan fingerprint density at radius 2 is 0.854 bits per heavy atom. The molecule has 0 aliphatic heterocycles. The molecule has 0 saturated heterocycles. The molecule has 0 bridgehead atoms. The standard InChI is InChI=1S/C42H75NO5/c1-3-5-7-9-11-13-15-17-19-21-23-25-27-29-31-33-38(44)37-39(43-41(46)35-36-42(47)48)40(45)34-32-30-28-26-24-22-20-18-16-14-12-10-8-6-4-2/h17-20,39H,3-16,21-37H2,1-2H3,(H,43,46)(H,47,48)/b19-17-,20-18-. The first-order valence-electron chi connectivity index (χ1n) is 20.3. The summed E-state index contributed by atoms with van der Waals surface area (Å²) in [5, 5.41) is 11.6. The molecule has 0 aromatic heterocycles. The summed E-state index contributed by atoms with van der Waals surface area (Å²) in [5.41, 5.74) is 0. The van der Waals surface area contributed by atoms with Gasteiger partial charge in [0.05, 0.1) is 12.5 Å². The molecule has 0 fully saturated rings. The molecular formula is C42H75NO5. The van der Waals surface area contributed by atoms with Crippen molar-refractivity contribution < 1.29 is 24.3 Å². The molecule has 0 aromatic carbocycles. The molecule has 0 aliphatic rings. The van der Waals surface area contributed by atoms with Gasteiger partial charge in [-0.1, -0.05) is 141 Å². The molecule has 1 amide bonds. The van der Waals surface area contributed by atoms with Crippen molar-refractivity contribution in [3.8, 4) is 0 Å². The molecule has 0 spiro atoms. The third-order valence-corrected chi connectivity index (χ3v) is 9.12. The minimum Gasteiger partial charge on any atom is -0.481 e. The summed E-state index contributed by atoms with van der Waals surface area (Å²) in [5.74, 6) is -1.65. The molecule has 1 unspecified atom stereocenters. The number of Topliss-reactive ketones (excluding diaryl/α,β-unsaturated/α-hetero) is 2. The van der Waals surface area contributed by atoms with Gasteiger partial charge in [0.15, 0.2) is 5.78 Å². The lowest BCUT2D eigenvalue weighted by molar-refractivity contribution is -0.139. The van der Waals surface area contributed by atoms with Crippen molar-refractivity contribution in [2.75, 3.05) is 0 Å². The van der Waals surface area contributed by atoms with Crippen molar-refractivity contribution >= 4 is 23.4 Å². The quantitative estimate of drug-likeness (QED) is 0.0505. The molecule has 1 atom stereocenters. The molecule has 48 heavy (non-hydrogen) atoms. The number of hydrogen-bond donors (Lipinski definition) is 2. The maximum absolute atomic E-state index is 13.0. The van der Waals surface area contributed by atoms with Crippen molar-refractivity contribution in [1.82, 2.24) is 5.32 Å². The second-order valence-corrected chi connectivity index (χ2v) is 13.9. The van der Waals surface area contributed by atoms with E-state index in [1.165, 1.54) is 96.3 Å². The Balaban J connectivity index is 4.18. The van der Waals surface area contributed by atoms with Gasteiger partial charge in [0.2, 0.25) is 5.91 Å². The van der Waals surface area contributed by atoms with Crippen LogP contribution in [-0.4, -0.2) is 34.6 Å². The smallest absolute Gasteiger partial charge is 0.303 e. The molecule has 6 nitrogen and oxygen atoms in total. The lowest BCUT2D eigenvalue weighted by Crippen LogP contribution is -2.42.